The molecule has 1 aromatic rings. The maximum atomic E-state index is 12.5. The van der Waals surface area contributed by atoms with Crippen LogP contribution in [0.25, 0.3) is 0 Å². The van der Waals surface area contributed by atoms with Crippen LogP contribution < -0.4 is 5.73 Å². The van der Waals surface area contributed by atoms with E-state index in [-0.39, 0.29) is 0 Å². The fourth-order valence-corrected chi connectivity index (χ4v) is 0.873. The lowest BCUT2D eigenvalue weighted by Gasteiger charge is -1.97. The Morgan fingerprint density at radius 3 is 2.91 bits per heavy atom. The van der Waals surface area contributed by atoms with Gasteiger partial charge in [-0.15, -0.1) is 0 Å². The lowest BCUT2D eigenvalue weighted by molar-refractivity contribution is 0.575. The molecule has 1 rings (SSSR count). The normalized spacial score (nSPS) is 10.0. The average molecular weight is 154 g/mol. The Morgan fingerprint density at radius 2 is 2.27 bits per heavy atom. The molecule has 0 aliphatic carbocycles. The number of halogens is 1. The smallest absolute Gasteiger partial charge is 0.213 e. The molecule has 0 radical (unpaired) electrons. The SMILES string of the molecule is NCCCc1cccc(F)n1. The second kappa shape index (κ2) is 4.03. The summed E-state index contributed by atoms with van der Waals surface area (Å²) in [4.78, 5) is 3.69. The van der Waals surface area contributed by atoms with E-state index in [2.05, 4.69) is 4.98 Å². The van der Waals surface area contributed by atoms with Crippen molar-refractivity contribution in [3.8, 4) is 0 Å². The first-order valence-electron chi connectivity index (χ1n) is 3.64. The highest BCUT2D eigenvalue weighted by atomic mass is 19.1. The predicted octanol–water partition coefficient (Wildman–Crippen LogP) is 1.11. The molecule has 0 unspecified atom stereocenters. The molecule has 11 heavy (non-hydrogen) atoms. The summed E-state index contributed by atoms with van der Waals surface area (Å²) in [5, 5.41) is 0. The van der Waals surface area contributed by atoms with Gasteiger partial charge in [0, 0.05) is 5.69 Å². The van der Waals surface area contributed by atoms with Crippen LogP contribution in [0.4, 0.5) is 4.39 Å². The van der Waals surface area contributed by atoms with Crippen LogP contribution in [0, 0.1) is 5.95 Å². The summed E-state index contributed by atoms with van der Waals surface area (Å²) >= 11 is 0. The van der Waals surface area contributed by atoms with Gasteiger partial charge in [-0.25, -0.2) is 4.98 Å². The van der Waals surface area contributed by atoms with Crippen molar-refractivity contribution < 1.29 is 4.39 Å². The Bertz CT molecular complexity index is 225. The molecule has 0 bridgehead atoms. The van der Waals surface area contributed by atoms with Crippen molar-refractivity contribution in [3.05, 3.63) is 29.8 Å². The van der Waals surface area contributed by atoms with E-state index in [1.165, 1.54) is 6.07 Å². The lowest BCUT2D eigenvalue weighted by Crippen LogP contribution is -2.01. The van der Waals surface area contributed by atoms with Crippen LogP contribution in [-0.4, -0.2) is 11.5 Å². The highest BCUT2D eigenvalue weighted by molar-refractivity contribution is 5.04. The van der Waals surface area contributed by atoms with Crippen molar-refractivity contribution in [2.45, 2.75) is 12.8 Å². The van der Waals surface area contributed by atoms with Gasteiger partial charge in [-0.05, 0) is 31.5 Å². The van der Waals surface area contributed by atoms with Crippen LogP contribution in [-0.2, 0) is 6.42 Å². The third-order valence-corrected chi connectivity index (χ3v) is 1.41. The van der Waals surface area contributed by atoms with Crippen molar-refractivity contribution in [1.29, 1.82) is 0 Å². The Hall–Kier alpha value is -0.960. The molecule has 1 aromatic heterocycles. The third kappa shape index (κ3) is 2.63. The highest BCUT2D eigenvalue weighted by Gasteiger charge is 1.94. The van der Waals surface area contributed by atoms with E-state index < -0.39 is 5.95 Å². The molecule has 0 aromatic carbocycles. The van der Waals surface area contributed by atoms with Gasteiger partial charge in [0.05, 0.1) is 0 Å². The first-order valence-corrected chi connectivity index (χ1v) is 3.64. The second-order valence-electron chi connectivity index (χ2n) is 2.34. The van der Waals surface area contributed by atoms with Gasteiger partial charge in [-0.3, -0.25) is 0 Å². The van der Waals surface area contributed by atoms with Crippen LogP contribution >= 0.6 is 0 Å². The van der Waals surface area contributed by atoms with Crippen molar-refractivity contribution in [3.63, 3.8) is 0 Å². The molecule has 0 aliphatic rings. The zero-order valence-electron chi connectivity index (χ0n) is 6.26. The number of rotatable bonds is 3. The van der Waals surface area contributed by atoms with Gasteiger partial charge in [0.2, 0.25) is 5.95 Å². The summed E-state index contributed by atoms with van der Waals surface area (Å²) in [6, 6.07) is 4.80. The van der Waals surface area contributed by atoms with Crippen LogP contribution in [0.15, 0.2) is 18.2 Å². The summed E-state index contributed by atoms with van der Waals surface area (Å²) in [6.07, 6.45) is 1.62. The molecule has 1 heterocycles. The number of pyridine rings is 1. The van der Waals surface area contributed by atoms with Gasteiger partial charge in [-0.1, -0.05) is 6.07 Å². The van der Waals surface area contributed by atoms with Gasteiger partial charge in [0.1, 0.15) is 0 Å². The molecule has 60 valence electrons. The molecule has 0 aliphatic heterocycles. The molecule has 2 N–H and O–H groups in total. The zero-order chi connectivity index (χ0) is 8.10. The van der Waals surface area contributed by atoms with Crippen LogP contribution in [0.2, 0.25) is 0 Å². The van der Waals surface area contributed by atoms with E-state index in [0.29, 0.717) is 6.54 Å². The van der Waals surface area contributed by atoms with Crippen LogP contribution in [0.5, 0.6) is 0 Å². The lowest BCUT2D eigenvalue weighted by atomic mass is 10.2. The quantitative estimate of drug-likeness (QED) is 0.662. The van der Waals surface area contributed by atoms with E-state index >= 15 is 0 Å². The minimum absolute atomic E-state index is 0.417. The largest absolute Gasteiger partial charge is 0.330 e. The van der Waals surface area contributed by atoms with Gasteiger partial charge >= 0.3 is 0 Å². The molecular formula is C8H11FN2. The minimum Gasteiger partial charge on any atom is -0.330 e. The van der Waals surface area contributed by atoms with Gasteiger partial charge in [-0.2, -0.15) is 4.39 Å². The first-order chi connectivity index (χ1) is 5.33. The molecule has 0 spiro atoms. The van der Waals surface area contributed by atoms with Crippen molar-refractivity contribution in [2.24, 2.45) is 5.73 Å². The first kappa shape index (κ1) is 8.14. The highest BCUT2D eigenvalue weighted by Crippen LogP contribution is 1.99. The maximum absolute atomic E-state index is 12.5. The fourth-order valence-electron chi connectivity index (χ4n) is 0.873. The van der Waals surface area contributed by atoms with Crippen LogP contribution in [0.1, 0.15) is 12.1 Å². The van der Waals surface area contributed by atoms with Gasteiger partial charge in [0.25, 0.3) is 0 Å². The summed E-state index contributed by atoms with van der Waals surface area (Å²) in [7, 11) is 0. The van der Waals surface area contributed by atoms with Crippen molar-refractivity contribution in [2.75, 3.05) is 6.54 Å². The van der Waals surface area contributed by atoms with Gasteiger partial charge < -0.3 is 5.73 Å². The summed E-state index contributed by atoms with van der Waals surface area (Å²) in [6.45, 7) is 0.623. The minimum atomic E-state index is -0.417. The van der Waals surface area contributed by atoms with Crippen molar-refractivity contribution in [1.82, 2.24) is 4.98 Å². The number of nitrogens with zero attached hydrogens (tertiary/aromatic N) is 1. The number of hydrogen-bond acceptors (Lipinski definition) is 2. The molecule has 0 amide bonds. The molecule has 3 heteroatoms. The Labute approximate surface area is 65.3 Å². The van der Waals surface area contributed by atoms with Crippen molar-refractivity contribution >= 4 is 0 Å². The molecule has 0 atom stereocenters. The number of aromatic nitrogens is 1. The average Bonchev–Trinajstić information content (AvgIpc) is 2.01. The second-order valence-corrected chi connectivity index (χ2v) is 2.34. The van der Waals surface area contributed by atoms with Gasteiger partial charge in [0.15, 0.2) is 0 Å². The molecular weight excluding hydrogens is 143 g/mol. The standard InChI is InChI=1S/C8H11FN2/c9-8-5-1-3-7(11-8)4-2-6-10/h1,3,5H,2,4,6,10H2. The Kier molecular flexibility index (Phi) is 2.98. The maximum Gasteiger partial charge on any atom is 0.213 e. The molecule has 0 saturated heterocycles. The van der Waals surface area contributed by atoms with E-state index in [1.54, 1.807) is 12.1 Å². The number of hydrogen-bond donors (Lipinski definition) is 1. The Morgan fingerprint density at radius 1 is 1.45 bits per heavy atom. The van der Waals surface area contributed by atoms with E-state index in [4.69, 9.17) is 5.73 Å². The summed E-state index contributed by atoms with van der Waals surface area (Å²) in [5.41, 5.74) is 6.07. The monoisotopic (exact) mass is 154 g/mol. The molecule has 0 fully saturated rings. The third-order valence-electron chi connectivity index (χ3n) is 1.41. The zero-order valence-corrected chi connectivity index (χ0v) is 6.26. The fraction of sp³-hybridized carbons (Fsp3) is 0.375. The van der Waals surface area contributed by atoms with E-state index in [0.717, 1.165) is 18.5 Å². The molecule has 0 saturated carbocycles. The number of nitrogens with two attached hydrogens (primary N) is 1. The van der Waals surface area contributed by atoms with E-state index in [1.807, 2.05) is 0 Å². The summed E-state index contributed by atoms with van der Waals surface area (Å²) in [5.74, 6) is -0.417. The molecule has 2 nitrogen and oxygen atoms in total. The number of aryl methyl sites for hydroxylation is 1. The van der Waals surface area contributed by atoms with E-state index in [9.17, 15) is 4.39 Å². The summed E-state index contributed by atoms with van der Waals surface area (Å²) < 4.78 is 12.5. The Balaban J connectivity index is 2.56. The predicted molar refractivity (Wildman–Crippen MR) is 41.6 cm³/mol. The topological polar surface area (TPSA) is 38.9 Å². The van der Waals surface area contributed by atoms with Crippen LogP contribution in [0.3, 0.4) is 0 Å².